The Labute approximate surface area is 151 Å². The Kier molecular flexibility index (Phi) is 5.77. The van der Waals surface area contributed by atoms with Gasteiger partial charge in [0.2, 0.25) is 0 Å². The van der Waals surface area contributed by atoms with E-state index in [-0.39, 0.29) is 29.1 Å². The topological polar surface area (TPSA) is 63.7 Å². The average Bonchev–Trinajstić information content (AvgIpc) is 2.51. The predicted octanol–water partition coefficient (Wildman–Crippen LogP) is 1.88. The van der Waals surface area contributed by atoms with E-state index in [2.05, 4.69) is 31.1 Å². The maximum atomic E-state index is 12.5. The summed E-state index contributed by atoms with van der Waals surface area (Å²) in [6.07, 6.45) is -0.592. The molecule has 1 aromatic rings. The van der Waals surface area contributed by atoms with E-state index in [1.54, 1.807) is 24.3 Å². The number of nitrogens with zero attached hydrogens (tertiary/aromatic N) is 1. The summed E-state index contributed by atoms with van der Waals surface area (Å²) in [5.41, 5.74) is 4.24. The van der Waals surface area contributed by atoms with Crippen molar-refractivity contribution in [1.82, 2.24) is 4.90 Å². The van der Waals surface area contributed by atoms with Crippen LogP contribution in [0.3, 0.4) is 0 Å². The molecule has 1 saturated heterocycles. The zero-order valence-electron chi connectivity index (χ0n) is 15.4. The zero-order chi connectivity index (χ0) is 18.8. The summed E-state index contributed by atoms with van der Waals surface area (Å²) in [6.45, 7) is 8.39. The van der Waals surface area contributed by atoms with Gasteiger partial charge in [0.25, 0.3) is 5.91 Å². The third kappa shape index (κ3) is 4.72. The van der Waals surface area contributed by atoms with Crippen LogP contribution in [0.25, 0.3) is 0 Å². The summed E-state index contributed by atoms with van der Waals surface area (Å²) in [4.78, 5) is 14.0. The SMILES string of the molecule is CO[C@@H]1C(=O)N(CCS(=O)(=O)c2ccc(C)cc2)[C@H]1C#C[Si](C)(C)C. The number of methoxy groups -OCH3 is 1. The van der Waals surface area contributed by atoms with Gasteiger partial charge in [-0.2, -0.15) is 0 Å². The number of hydrogen-bond donors (Lipinski definition) is 0. The molecule has 1 aliphatic rings. The molecule has 0 spiro atoms. The van der Waals surface area contributed by atoms with Gasteiger partial charge in [-0.25, -0.2) is 8.42 Å². The molecule has 2 rings (SSSR count). The Morgan fingerprint density at radius 2 is 1.80 bits per heavy atom. The van der Waals surface area contributed by atoms with Gasteiger partial charge < -0.3 is 9.64 Å². The monoisotopic (exact) mass is 379 g/mol. The second-order valence-corrected chi connectivity index (χ2v) is 14.1. The molecule has 1 fully saturated rings. The van der Waals surface area contributed by atoms with Crippen molar-refractivity contribution in [1.29, 1.82) is 0 Å². The normalized spacial score (nSPS) is 20.7. The van der Waals surface area contributed by atoms with E-state index in [0.717, 1.165) is 5.56 Å². The molecule has 0 saturated carbocycles. The molecule has 7 heteroatoms. The fourth-order valence-corrected chi connectivity index (χ4v) is 4.33. The second-order valence-electron chi connectivity index (χ2n) is 7.28. The molecule has 2 atom stereocenters. The van der Waals surface area contributed by atoms with Gasteiger partial charge in [-0.15, -0.1) is 5.54 Å². The molecule has 0 bridgehead atoms. The second kappa shape index (κ2) is 7.32. The van der Waals surface area contributed by atoms with E-state index in [0.29, 0.717) is 0 Å². The van der Waals surface area contributed by atoms with Crippen LogP contribution < -0.4 is 0 Å². The quantitative estimate of drug-likeness (QED) is 0.445. The summed E-state index contributed by atoms with van der Waals surface area (Å²) in [6, 6.07) is 6.37. The third-order valence-electron chi connectivity index (χ3n) is 3.98. The van der Waals surface area contributed by atoms with Crippen molar-refractivity contribution in [2.75, 3.05) is 19.4 Å². The number of aryl methyl sites for hydroxylation is 1. The minimum absolute atomic E-state index is 0.122. The highest BCUT2D eigenvalue weighted by molar-refractivity contribution is 7.91. The van der Waals surface area contributed by atoms with Crippen molar-refractivity contribution in [3.8, 4) is 11.5 Å². The molecule has 0 N–H and O–H groups in total. The molecule has 1 aromatic carbocycles. The first-order valence-electron chi connectivity index (χ1n) is 8.20. The van der Waals surface area contributed by atoms with Gasteiger partial charge in [0.15, 0.2) is 15.9 Å². The Balaban J connectivity index is 2.11. The van der Waals surface area contributed by atoms with E-state index >= 15 is 0 Å². The highest BCUT2D eigenvalue weighted by atomic mass is 32.2. The van der Waals surface area contributed by atoms with Crippen molar-refractivity contribution in [3.63, 3.8) is 0 Å². The smallest absolute Gasteiger partial charge is 0.256 e. The van der Waals surface area contributed by atoms with E-state index in [4.69, 9.17) is 4.74 Å². The largest absolute Gasteiger partial charge is 0.368 e. The number of sulfone groups is 1. The van der Waals surface area contributed by atoms with E-state index in [1.165, 1.54) is 12.0 Å². The maximum Gasteiger partial charge on any atom is 0.256 e. The number of hydrogen-bond acceptors (Lipinski definition) is 4. The fourth-order valence-electron chi connectivity index (χ4n) is 2.52. The zero-order valence-corrected chi connectivity index (χ0v) is 17.2. The Morgan fingerprint density at radius 1 is 1.20 bits per heavy atom. The molecule has 25 heavy (non-hydrogen) atoms. The fraction of sp³-hybridized carbons (Fsp3) is 0.500. The highest BCUT2D eigenvalue weighted by Crippen LogP contribution is 2.23. The molecule has 0 aromatic heterocycles. The van der Waals surface area contributed by atoms with Crippen LogP contribution in [0.15, 0.2) is 29.2 Å². The molecule has 0 radical (unpaired) electrons. The van der Waals surface area contributed by atoms with Crippen LogP contribution in [0.2, 0.25) is 19.6 Å². The lowest BCUT2D eigenvalue weighted by Gasteiger charge is -2.43. The van der Waals surface area contributed by atoms with Crippen LogP contribution in [0.5, 0.6) is 0 Å². The molecular formula is C18H25NO4SSi. The van der Waals surface area contributed by atoms with Gasteiger partial charge in [0.05, 0.1) is 10.6 Å². The molecular weight excluding hydrogens is 354 g/mol. The number of ether oxygens (including phenoxy) is 1. The van der Waals surface area contributed by atoms with Crippen molar-refractivity contribution >= 4 is 23.8 Å². The van der Waals surface area contributed by atoms with E-state index in [9.17, 15) is 13.2 Å². The van der Waals surface area contributed by atoms with Gasteiger partial charge in [-0.3, -0.25) is 4.79 Å². The van der Waals surface area contributed by atoms with Crippen molar-refractivity contribution in [3.05, 3.63) is 29.8 Å². The lowest BCUT2D eigenvalue weighted by molar-refractivity contribution is -0.164. The Hall–Kier alpha value is -1.62. The summed E-state index contributed by atoms with van der Waals surface area (Å²) >= 11 is 0. The number of amides is 1. The number of likely N-dealkylation sites (tertiary alicyclic amines) is 1. The lowest BCUT2D eigenvalue weighted by Crippen LogP contribution is -2.65. The minimum atomic E-state index is -3.44. The average molecular weight is 380 g/mol. The predicted molar refractivity (Wildman–Crippen MR) is 101 cm³/mol. The van der Waals surface area contributed by atoms with Crippen molar-refractivity contribution in [2.45, 2.75) is 43.6 Å². The van der Waals surface area contributed by atoms with Crippen LogP contribution in [0.1, 0.15) is 5.56 Å². The Bertz CT molecular complexity index is 800. The first-order valence-corrected chi connectivity index (χ1v) is 13.4. The van der Waals surface area contributed by atoms with Crippen LogP contribution in [-0.2, 0) is 19.4 Å². The standard InChI is InChI=1S/C18H25NO4SSi/c1-14-6-8-15(9-7-14)24(21,22)12-11-19-16(10-13-25(3,4)5)17(23-2)18(19)20/h6-9,16-17H,11-12H2,1-5H3/t16-,17-/m0/s1. The number of carbonyl (C=O) groups excluding carboxylic acids is 1. The molecule has 136 valence electrons. The summed E-state index contributed by atoms with van der Waals surface area (Å²) in [7, 11) is -3.55. The van der Waals surface area contributed by atoms with Gasteiger partial charge >= 0.3 is 0 Å². The summed E-state index contributed by atoms with van der Waals surface area (Å²) < 4.78 is 30.2. The summed E-state index contributed by atoms with van der Waals surface area (Å²) in [5.74, 6) is 2.80. The third-order valence-corrected chi connectivity index (χ3v) is 6.58. The lowest BCUT2D eigenvalue weighted by atomic mass is 9.99. The molecule has 1 aliphatic heterocycles. The molecule has 1 heterocycles. The number of rotatable bonds is 5. The first kappa shape index (κ1) is 19.7. The summed E-state index contributed by atoms with van der Waals surface area (Å²) in [5, 5.41) is 0. The van der Waals surface area contributed by atoms with E-state index in [1.807, 2.05) is 6.92 Å². The number of β-lactam (4-membered cyclic amide) rings is 1. The van der Waals surface area contributed by atoms with E-state index < -0.39 is 24.0 Å². The molecule has 0 aliphatic carbocycles. The van der Waals surface area contributed by atoms with Crippen molar-refractivity contribution in [2.24, 2.45) is 0 Å². The molecule has 1 amide bonds. The maximum absolute atomic E-state index is 12.5. The van der Waals surface area contributed by atoms with Crippen LogP contribution >= 0.6 is 0 Å². The van der Waals surface area contributed by atoms with Gasteiger partial charge in [0.1, 0.15) is 14.1 Å². The van der Waals surface area contributed by atoms with Gasteiger partial charge in [0, 0.05) is 13.7 Å². The Morgan fingerprint density at radius 3 is 2.32 bits per heavy atom. The minimum Gasteiger partial charge on any atom is -0.368 e. The number of carbonyl (C=O) groups is 1. The van der Waals surface area contributed by atoms with Crippen LogP contribution in [0.4, 0.5) is 0 Å². The van der Waals surface area contributed by atoms with Crippen LogP contribution in [0, 0.1) is 18.4 Å². The molecule has 5 nitrogen and oxygen atoms in total. The van der Waals surface area contributed by atoms with Crippen LogP contribution in [-0.4, -0.2) is 58.9 Å². The van der Waals surface area contributed by atoms with Crippen molar-refractivity contribution < 1.29 is 17.9 Å². The van der Waals surface area contributed by atoms with Gasteiger partial charge in [-0.05, 0) is 19.1 Å². The first-order chi connectivity index (χ1) is 11.5. The molecule has 0 unspecified atom stereocenters. The van der Waals surface area contributed by atoms with Gasteiger partial charge in [-0.1, -0.05) is 43.3 Å². The highest BCUT2D eigenvalue weighted by Gasteiger charge is 2.47. The number of benzene rings is 1.